The highest BCUT2D eigenvalue weighted by molar-refractivity contribution is 5.53. The van der Waals surface area contributed by atoms with E-state index in [0.717, 1.165) is 31.0 Å². The zero-order chi connectivity index (χ0) is 11.7. The fraction of sp³-hybridized carbons (Fsp3) is 0.273. The predicted molar refractivity (Wildman–Crippen MR) is 59.7 cm³/mol. The second kappa shape index (κ2) is 3.96. The van der Waals surface area contributed by atoms with Gasteiger partial charge in [0.05, 0.1) is 13.1 Å². The Morgan fingerprint density at radius 2 is 2.35 bits per heavy atom. The summed E-state index contributed by atoms with van der Waals surface area (Å²) in [5.74, 6) is 1.61. The van der Waals surface area contributed by atoms with Crippen molar-refractivity contribution in [3.05, 3.63) is 29.8 Å². The number of hydrogen-bond acceptors (Lipinski definition) is 5. The van der Waals surface area contributed by atoms with E-state index in [1.807, 2.05) is 16.8 Å². The minimum atomic E-state index is 0.402. The highest BCUT2D eigenvalue weighted by Crippen LogP contribution is 2.15. The number of nitriles is 1. The van der Waals surface area contributed by atoms with Crippen molar-refractivity contribution in [1.29, 1.82) is 5.26 Å². The molecule has 2 aromatic heterocycles. The number of aromatic nitrogens is 4. The van der Waals surface area contributed by atoms with Gasteiger partial charge in [0.15, 0.2) is 5.82 Å². The topological polar surface area (TPSA) is 79.4 Å². The summed E-state index contributed by atoms with van der Waals surface area (Å²) in [7, 11) is 0. The number of rotatable bonds is 1. The number of fused-ring (bicyclic) bond motifs is 1. The quantitative estimate of drug-likeness (QED) is 0.757. The molecule has 3 heterocycles. The van der Waals surface area contributed by atoms with Crippen LogP contribution in [0.5, 0.6) is 0 Å². The van der Waals surface area contributed by atoms with Crippen molar-refractivity contribution in [3.63, 3.8) is 0 Å². The molecule has 0 radical (unpaired) electrons. The monoisotopic (exact) mass is 226 g/mol. The first-order chi connectivity index (χ1) is 8.36. The van der Waals surface area contributed by atoms with E-state index in [9.17, 15) is 0 Å². The second-order valence-corrected chi connectivity index (χ2v) is 3.80. The molecule has 0 unspecified atom stereocenters. The fourth-order valence-electron chi connectivity index (χ4n) is 1.78. The molecule has 6 nitrogen and oxygen atoms in total. The normalized spacial score (nSPS) is 14.1. The highest BCUT2D eigenvalue weighted by Gasteiger charge is 2.14. The van der Waals surface area contributed by atoms with Gasteiger partial charge >= 0.3 is 0 Å². The zero-order valence-corrected chi connectivity index (χ0v) is 9.09. The van der Waals surface area contributed by atoms with Crippen LogP contribution in [-0.2, 0) is 13.1 Å². The molecule has 0 spiro atoms. The summed E-state index contributed by atoms with van der Waals surface area (Å²) >= 11 is 0. The van der Waals surface area contributed by atoms with Gasteiger partial charge in [-0.2, -0.15) is 10.4 Å². The van der Waals surface area contributed by atoms with Gasteiger partial charge in [0, 0.05) is 18.3 Å². The maximum atomic E-state index is 8.68. The lowest BCUT2D eigenvalue weighted by Gasteiger charge is -2.11. The molecule has 0 amide bonds. The number of hydrogen-bond donors (Lipinski definition) is 1. The Balaban J connectivity index is 1.98. The lowest BCUT2D eigenvalue weighted by atomic mass is 10.2. The Hall–Kier alpha value is -2.26. The van der Waals surface area contributed by atoms with Crippen molar-refractivity contribution >= 4 is 0 Å². The van der Waals surface area contributed by atoms with E-state index in [2.05, 4.69) is 20.4 Å². The summed E-state index contributed by atoms with van der Waals surface area (Å²) in [5.41, 5.74) is 1.24. The second-order valence-electron chi connectivity index (χ2n) is 3.80. The van der Waals surface area contributed by atoms with E-state index in [1.54, 1.807) is 12.3 Å². The average molecular weight is 226 g/mol. The molecule has 0 bridgehead atoms. The maximum absolute atomic E-state index is 8.68. The van der Waals surface area contributed by atoms with Gasteiger partial charge in [0.2, 0.25) is 0 Å². The lowest BCUT2D eigenvalue weighted by molar-refractivity contribution is 0.469. The minimum Gasteiger partial charge on any atom is -0.308 e. The van der Waals surface area contributed by atoms with Crippen LogP contribution in [0.15, 0.2) is 18.3 Å². The zero-order valence-electron chi connectivity index (χ0n) is 9.09. The molecule has 1 aliphatic rings. The molecule has 6 heteroatoms. The number of pyridine rings is 1. The molecule has 0 fully saturated rings. The van der Waals surface area contributed by atoms with E-state index in [4.69, 9.17) is 5.26 Å². The first kappa shape index (κ1) is 9.93. The van der Waals surface area contributed by atoms with Crippen molar-refractivity contribution in [2.75, 3.05) is 6.54 Å². The summed E-state index contributed by atoms with van der Waals surface area (Å²) in [4.78, 5) is 8.46. The van der Waals surface area contributed by atoms with Crippen LogP contribution in [0.2, 0.25) is 0 Å². The molecule has 0 aromatic carbocycles. The molecule has 2 aromatic rings. The summed E-state index contributed by atoms with van der Waals surface area (Å²) in [6.45, 7) is 2.50. The summed E-state index contributed by atoms with van der Waals surface area (Å²) in [6, 6.07) is 5.48. The van der Waals surface area contributed by atoms with E-state index in [1.165, 1.54) is 0 Å². The molecule has 3 rings (SSSR count). The molecule has 17 heavy (non-hydrogen) atoms. The molecule has 0 aliphatic carbocycles. The standard InChI is InChI=1S/C11H10N6/c12-5-9-2-1-8(6-14-9)11-15-10-7-13-3-4-17(10)16-11/h1-2,6,13H,3-4,7H2. The van der Waals surface area contributed by atoms with Crippen molar-refractivity contribution in [2.24, 2.45) is 0 Å². The van der Waals surface area contributed by atoms with E-state index < -0.39 is 0 Å². The lowest BCUT2D eigenvalue weighted by Crippen LogP contribution is -2.28. The van der Waals surface area contributed by atoms with Crippen LogP contribution in [0.25, 0.3) is 11.4 Å². The molecule has 84 valence electrons. The smallest absolute Gasteiger partial charge is 0.182 e. The van der Waals surface area contributed by atoms with Gasteiger partial charge in [0.25, 0.3) is 0 Å². The average Bonchev–Trinajstić information content (AvgIpc) is 2.82. The molecule has 0 saturated heterocycles. The van der Waals surface area contributed by atoms with E-state index in [0.29, 0.717) is 11.5 Å². The molecule has 1 N–H and O–H groups in total. The molecular formula is C11H10N6. The van der Waals surface area contributed by atoms with Crippen LogP contribution < -0.4 is 5.32 Å². The molecule has 1 aliphatic heterocycles. The fourth-order valence-corrected chi connectivity index (χ4v) is 1.78. The maximum Gasteiger partial charge on any atom is 0.182 e. The van der Waals surface area contributed by atoms with Crippen molar-refractivity contribution in [2.45, 2.75) is 13.1 Å². The number of nitrogens with one attached hydrogen (secondary N) is 1. The van der Waals surface area contributed by atoms with Crippen LogP contribution in [-0.4, -0.2) is 26.3 Å². The third-order valence-corrected chi connectivity index (χ3v) is 2.67. The van der Waals surface area contributed by atoms with Crippen LogP contribution in [0.1, 0.15) is 11.5 Å². The Bertz CT molecular complexity index is 553. The minimum absolute atomic E-state index is 0.402. The van der Waals surface area contributed by atoms with E-state index in [-0.39, 0.29) is 0 Å². The molecule has 0 atom stereocenters. The Morgan fingerprint density at radius 1 is 1.41 bits per heavy atom. The SMILES string of the molecule is N#Cc1ccc(-c2nc3n(n2)CCNC3)cn1. The van der Waals surface area contributed by atoms with Gasteiger partial charge in [-0.25, -0.2) is 14.6 Å². The first-order valence-electron chi connectivity index (χ1n) is 5.38. The van der Waals surface area contributed by atoms with Crippen LogP contribution in [0.4, 0.5) is 0 Å². The predicted octanol–water partition coefficient (Wildman–Crippen LogP) is 0.315. The third kappa shape index (κ3) is 1.77. The molecule has 0 saturated carbocycles. The van der Waals surface area contributed by atoms with Crippen LogP contribution >= 0.6 is 0 Å². The van der Waals surface area contributed by atoms with Crippen molar-refractivity contribution < 1.29 is 0 Å². The largest absolute Gasteiger partial charge is 0.308 e. The van der Waals surface area contributed by atoms with Gasteiger partial charge in [-0.15, -0.1) is 0 Å². The summed E-state index contributed by atoms with van der Waals surface area (Å²) in [5, 5.41) is 16.3. The summed E-state index contributed by atoms with van der Waals surface area (Å²) < 4.78 is 1.91. The Kier molecular flexibility index (Phi) is 2.31. The molecular weight excluding hydrogens is 216 g/mol. The van der Waals surface area contributed by atoms with Gasteiger partial charge in [-0.3, -0.25) is 0 Å². The third-order valence-electron chi connectivity index (χ3n) is 2.67. The van der Waals surface area contributed by atoms with Crippen LogP contribution in [0, 0.1) is 11.3 Å². The van der Waals surface area contributed by atoms with Gasteiger partial charge in [-0.05, 0) is 12.1 Å². The van der Waals surface area contributed by atoms with Gasteiger partial charge in [0.1, 0.15) is 17.6 Å². The van der Waals surface area contributed by atoms with E-state index >= 15 is 0 Å². The number of nitrogens with zero attached hydrogens (tertiary/aromatic N) is 5. The van der Waals surface area contributed by atoms with Gasteiger partial charge in [-0.1, -0.05) is 0 Å². The highest BCUT2D eigenvalue weighted by atomic mass is 15.4. The van der Waals surface area contributed by atoms with Crippen molar-refractivity contribution in [1.82, 2.24) is 25.1 Å². The van der Waals surface area contributed by atoms with Crippen molar-refractivity contribution in [3.8, 4) is 17.5 Å². The Labute approximate surface area is 97.9 Å². The van der Waals surface area contributed by atoms with Crippen LogP contribution in [0.3, 0.4) is 0 Å². The van der Waals surface area contributed by atoms with Gasteiger partial charge < -0.3 is 5.32 Å². The summed E-state index contributed by atoms with van der Waals surface area (Å²) in [6.07, 6.45) is 1.63. The Morgan fingerprint density at radius 3 is 3.06 bits per heavy atom. The first-order valence-corrected chi connectivity index (χ1v) is 5.38.